The Labute approximate surface area is 114 Å². The maximum atomic E-state index is 5.82. The Balaban J connectivity index is 2.11. The lowest BCUT2D eigenvalue weighted by molar-refractivity contribution is 0.270. The first kappa shape index (κ1) is 13.9. The summed E-state index contributed by atoms with van der Waals surface area (Å²) in [7, 11) is 3.62. The average Bonchev–Trinajstić information content (AvgIpc) is 2.85. The van der Waals surface area contributed by atoms with Gasteiger partial charge in [-0.3, -0.25) is 4.90 Å². The number of methoxy groups -OCH3 is 1. The van der Waals surface area contributed by atoms with Crippen LogP contribution in [0.25, 0.3) is 0 Å². The second-order valence-electron chi connectivity index (χ2n) is 4.92. The fourth-order valence-electron chi connectivity index (χ4n) is 2.77. The number of anilines is 2. The van der Waals surface area contributed by atoms with Gasteiger partial charge in [0.2, 0.25) is 5.75 Å². The first-order valence-corrected chi connectivity index (χ1v) is 6.77. The molecule has 1 saturated heterocycles. The van der Waals surface area contributed by atoms with Crippen LogP contribution in [-0.2, 0) is 0 Å². The van der Waals surface area contributed by atoms with Gasteiger partial charge >= 0.3 is 0 Å². The molecule has 0 amide bonds. The minimum Gasteiger partial charge on any atom is -0.490 e. The molecule has 1 aromatic rings. The van der Waals surface area contributed by atoms with Gasteiger partial charge in [-0.15, -0.1) is 0 Å². The lowest BCUT2D eigenvalue weighted by Gasteiger charge is -2.29. The van der Waals surface area contributed by atoms with Gasteiger partial charge in [0.15, 0.2) is 11.6 Å². The van der Waals surface area contributed by atoms with E-state index in [1.54, 1.807) is 7.11 Å². The predicted molar refractivity (Wildman–Crippen MR) is 76.5 cm³/mol. The highest BCUT2D eigenvalue weighted by Gasteiger charge is 2.25. The first-order valence-electron chi connectivity index (χ1n) is 6.77. The number of aromatic nitrogens is 2. The molecule has 0 aromatic carbocycles. The first-order chi connectivity index (χ1) is 9.17. The molecule has 0 aliphatic carbocycles. The zero-order valence-corrected chi connectivity index (χ0v) is 12.0. The highest BCUT2D eigenvalue weighted by molar-refractivity contribution is 5.62. The van der Waals surface area contributed by atoms with Gasteiger partial charge in [-0.25, -0.2) is 9.97 Å². The number of ether oxygens (including phenoxy) is 1. The molecule has 1 aromatic heterocycles. The highest BCUT2D eigenvalue weighted by Crippen LogP contribution is 2.30. The summed E-state index contributed by atoms with van der Waals surface area (Å²) in [6.07, 6.45) is 3.99. The van der Waals surface area contributed by atoms with Crippen molar-refractivity contribution >= 4 is 11.6 Å². The van der Waals surface area contributed by atoms with Crippen molar-refractivity contribution in [1.29, 1.82) is 0 Å². The zero-order chi connectivity index (χ0) is 13.8. The standard InChI is InChI=1S/C13H23N5O/c1-4-18-7-5-6-10(18)8-17(2)13-11(19-3)12(14)15-9-16-13/h9-10H,4-8H2,1-3H3,(H2,14,15,16). The molecule has 0 spiro atoms. The van der Waals surface area contributed by atoms with E-state index < -0.39 is 0 Å². The van der Waals surface area contributed by atoms with Gasteiger partial charge in [-0.05, 0) is 25.9 Å². The Morgan fingerprint density at radius 1 is 1.53 bits per heavy atom. The molecule has 6 nitrogen and oxygen atoms in total. The van der Waals surface area contributed by atoms with Gasteiger partial charge in [0.1, 0.15) is 6.33 Å². The summed E-state index contributed by atoms with van der Waals surface area (Å²) in [6, 6.07) is 0.580. The van der Waals surface area contributed by atoms with Crippen LogP contribution in [0.3, 0.4) is 0 Å². The van der Waals surface area contributed by atoms with Crippen molar-refractivity contribution in [3.8, 4) is 5.75 Å². The second-order valence-corrected chi connectivity index (χ2v) is 4.92. The van der Waals surface area contributed by atoms with Crippen molar-refractivity contribution in [2.24, 2.45) is 0 Å². The van der Waals surface area contributed by atoms with Crippen LogP contribution in [-0.4, -0.2) is 54.7 Å². The maximum absolute atomic E-state index is 5.82. The number of likely N-dealkylation sites (tertiary alicyclic amines) is 1. The summed E-state index contributed by atoms with van der Waals surface area (Å²) < 4.78 is 5.31. The molecule has 1 aliphatic heterocycles. The summed E-state index contributed by atoms with van der Waals surface area (Å²) in [4.78, 5) is 12.9. The fraction of sp³-hybridized carbons (Fsp3) is 0.692. The Morgan fingerprint density at radius 3 is 3.00 bits per heavy atom. The van der Waals surface area contributed by atoms with E-state index in [-0.39, 0.29) is 0 Å². The van der Waals surface area contributed by atoms with Gasteiger partial charge in [-0.2, -0.15) is 0 Å². The van der Waals surface area contributed by atoms with Crippen LogP contribution in [0.5, 0.6) is 5.75 Å². The summed E-state index contributed by atoms with van der Waals surface area (Å²) >= 11 is 0. The molecule has 0 saturated carbocycles. The molecule has 1 fully saturated rings. The molecular weight excluding hydrogens is 242 g/mol. The molecule has 0 radical (unpaired) electrons. The molecule has 1 aliphatic rings. The third kappa shape index (κ3) is 2.89. The van der Waals surface area contributed by atoms with E-state index in [4.69, 9.17) is 10.5 Å². The monoisotopic (exact) mass is 265 g/mol. The van der Waals surface area contributed by atoms with Gasteiger partial charge in [-0.1, -0.05) is 6.92 Å². The van der Waals surface area contributed by atoms with Crippen LogP contribution in [0.2, 0.25) is 0 Å². The lowest BCUT2D eigenvalue weighted by atomic mass is 10.2. The molecule has 1 atom stereocenters. The SMILES string of the molecule is CCN1CCCC1CN(C)c1ncnc(N)c1OC. The van der Waals surface area contributed by atoms with E-state index in [0.717, 1.165) is 18.9 Å². The van der Waals surface area contributed by atoms with Crippen LogP contribution >= 0.6 is 0 Å². The number of likely N-dealkylation sites (N-methyl/N-ethyl adjacent to an activating group) is 2. The quantitative estimate of drug-likeness (QED) is 0.856. The third-order valence-electron chi connectivity index (χ3n) is 3.77. The van der Waals surface area contributed by atoms with Gasteiger partial charge < -0.3 is 15.4 Å². The van der Waals surface area contributed by atoms with Crippen LogP contribution in [0, 0.1) is 0 Å². The molecule has 2 rings (SSSR count). The van der Waals surface area contributed by atoms with E-state index in [1.807, 2.05) is 7.05 Å². The molecule has 1 unspecified atom stereocenters. The van der Waals surface area contributed by atoms with Crippen molar-refractivity contribution in [2.45, 2.75) is 25.8 Å². The largest absolute Gasteiger partial charge is 0.490 e. The number of nitrogens with two attached hydrogens (primary N) is 1. The topological polar surface area (TPSA) is 67.5 Å². The molecule has 2 heterocycles. The van der Waals surface area contributed by atoms with Crippen molar-refractivity contribution in [3.63, 3.8) is 0 Å². The normalized spacial score (nSPS) is 19.6. The number of nitrogens with zero attached hydrogens (tertiary/aromatic N) is 4. The summed E-state index contributed by atoms with van der Waals surface area (Å²) in [5.74, 6) is 1.71. The summed E-state index contributed by atoms with van der Waals surface area (Å²) in [5.41, 5.74) is 5.82. The van der Waals surface area contributed by atoms with Crippen LogP contribution in [0.4, 0.5) is 11.6 Å². The van der Waals surface area contributed by atoms with Gasteiger partial charge in [0.25, 0.3) is 0 Å². The summed E-state index contributed by atoms with van der Waals surface area (Å²) in [6.45, 7) is 5.43. The van der Waals surface area contributed by atoms with E-state index in [1.165, 1.54) is 25.7 Å². The minimum absolute atomic E-state index is 0.387. The van der Waals surface area contributed by atoms with Crippen LogP contribution in [0.1, 0.15) is 19.8 Å². The number of rotatable bonds is 5. The van der Waals surface area contributed by atoms with Gasteiger partial charge in [0, 0.05) is 19.6 Å². The van der Waals surface area contributed by atoms with Gasteiger partial charge in [0.05, 0.1) is 7.11 Å². The predicted octanol–water partition coefficient (Wildman–Crippen LogP) is 0.988. The molecule has 106 valence electrons. The molecule has 2 N–H and O–H groups in total. The highest BCUT2D eigenvalue weighted by atomic mass is 16.5. The second kappa shape index (κ2) is 6.06. The number of hydrogen-bond acceptors (Lipinski definition) is 6. The number of nitrogen functional groups attached to an aromatic ring is 1. The molecule has 6 heteroatoms. The third-order valence-corrected chi connectivity index (χ3v) is 3.77. The van der Waals surface area contributed by atoms with Crippen molar-refractivity contribution in [3.05, 3.63) is 6.33 Å². The van der Waals surface area contributed by atoms with E-state index in [0.29, 0.717) is 17.6 Å². The number of hydrogen-bond donors (Lipinski definition) is 1. The zero-order valence-electron chi connectivity index (χ0n) is 12.0. The minimum atomic E-state index is 0.387. The van der Waals surface area contributed by atoms with E-state index in [9.17, 15) is 0 Å². The van der Waals surface area contributed by atoms with E-state index >= 15 is 0 Å². The van der Waals surface area contributed by atoms with Crippen LogP contribution < -0.4 is 15.4 Å². The summed E-state index contributed by atoms with van der Waals surface area (Å²) in [5, 5.41) is 0. The lowest BCUT2D eigenvalue weighted by Crippen LogP contribution is -2.39. The fourth-order valence-corrected chi connectivity index (χ4v) is 2.77. The maximum Gasteiger partial charge on any atom is 0.204 e. The van der Waals surface area contributed by atoms with Crippen molar-refractivity contribution in [1.82, 2.24) is 14.9 Å². The Morgan fingerprint density at radius 2 is 2.32 bits per heavy atom. The average molecular weight is 265 g/mol. The Kier molecular flexibility index (Phi) is 4.42. The molecule has 19 heavy (non-hydrogen) atoms. The Bertz CT molecular complexity index is 425. The van der Waals surface area contributed by atoms with Crippen molar-refractivity contribution < 1.29 is 4.74 Å². The van der Waals surface area contributed by atoms with Crippen molar-refractivity contribution in [2.75, 3.05) is 44.4 Å². The van der Waals surface area contributed by atoms with E-state index in [2.05, 4.69) is 26.7 Å². The smallest absolute Gasteiger partial charge is 0.204 e. The molecule has 0 bridgehead atoms. The molecular formula is C13H23N5O. The Hall–Kier alpha value is -1.56. The van der Waals surface area contributed by atoms with Crippen LogP contribution in [0.15, 0.2) is 6.33 Å².